The molecule has 0 heterocycles. The summed E-state index contributed by atoms with van der Waals surface area (Å²) < 4.78 is 12.6. The highest BCUT2D eigenvalue weighted by Crippen LogP contribution is 2.22. The predicted octanol–water partition coefficient (Wildman–Crippen LogP) is 1.93. The molecule has 0 aliphatic heterocycles. The zero-order valence-corrected chi connectivity index (χ0v) is 5.39. The summed E-state index contributed by atoms with van der Waals surface area (Å²) in [6.45, 7) is 1.84. The first-order valence-corrected chi connectivity index (χ1v) is 3.03. The van der Waals surface area contributed by atoms with Gasteiger partial charge in [-0.05, 0) is 12.5 Å². The summed E-state index contributed by atoms with van der Waals surface area (Å²) in [7, 11) is 5.33. The lowest BCUT2D eigenvalue weighted by atomic mass is 9.87. The van der Waals surface area contributed by atoms with Crippen molar-refractivity contribution in [3.8, 4) is 0 Å². The minimum atomic E-state index is -0.102. The van der Waals surface area contributed by atoms with E-state index in [1.165, 1.54) is 6.08 Å². The van der Waals surface area contributed by atoms with Gasteiger partial charge >= 0.3 is 0 Å². The Morgan fingerprint density at radius 3 is 2.89 bits per heavy atom. The van der Waals surface area contributed by atoms with E-state index in [9.17, 15) is 4.39 Å². The minimum absolute atomic E-state index is 0.0253. The van der Waals surface area contributed by atoms with Crippen molar-refractivity contribution in [1.82, 2.24) is 0 Å². The van der Waals surface area contributed by atoms with Crippen molar-refractivity contribution < 1.29 is 4.39 Å². The largest absolute Gasteiger partial charge is 0.212 e. The molecule has 0 aromatic rings. The molecule has 1 aliphatic carbocycles. The van der Waals surface area contributed by atoms with Crippen molar-refractivity contribution in [2.45, 2.75) is 13.3 Å². The lowest BCUT2D eigenvalue weighted by molar-refractivity contribution is 0.490. The average Bonchev–Trinajstić information content (AvgIpc) is 1.80. The molecular weight excluding hydrogens is 114 g/mol. The first-order valence-electron chi connectivity index (χ1n) is 3.03. The Labute approximate surface area is 55.9 Å². The molecule has 0 aromatic heterocycles. The van der Waals surface area contributed by atoms with Crippen molar-refractivity contribution in [2.75, 3.05) is 0 Å². The van der Waals surface area contributed by atoms with Gasteiger partial charge in [0.25, 0.3) is 0 Å². The van der Waals surface area contributed by atoms with Crippen LogP contribution in [0.4, 0.5) is 4.39 Å². The van der Waals surface area contributed by atoms with Crippen LogP contribution in [-0.4, -0.2) is 7.85 Å². The molecule has 0 nitrogen and oxygen atoms in total. The lowest BCUT2D eigenvalue weighted by Gasteiger charge is -2.11. The van der Waals surface area contributed by atoms with Crippen molar-refractivity contribution in [3.63, 3.8) is 0 Å². The number of hydrogen-bond acceptors (Lipinski definition) is 0. The van der Waals surface area contributed by atoms with Crippen LogP contribution in [0.15, 0.2) is 23.5 Å². The van der Waals surface area contributed by atoms with Crippen LogP contribution in [0.5, 0.6) is 0 Å². The molecule has 0 spiro atoms. The number of hydrogen-bond donors (Lipinski definition) is 0. The van der Waals surface area contributed by atoms with Gasteiger partial charge in [0.15, 0.2) is 0 Å². The maximum atomic E-state index is 12.6. The molecule has 1 atom stereocenters. The highest BCUT2D eigenvalue weighted by molar-refractivity contribution is 6.23. The van der Waals surface area contributed by atoms with Crippen molar-refractivity contribution in [3.05, 3.63) is 23.5 Å². The van der Waals surface area contributed by atoms with Crippen molar-refractivity contribution in [1.29, 1.82) is 0 Å². The van der Waals surface area contributed by atoms with Crippen LogP contribution in [0.1, 0.15) is 13.3 Å². The third-order valence-electron chi connectivity index (χ3n) is 1.48. The first-order chi connectivity index (χ1) is 4.20. The molecule has 0 N–H and O–H groups in total. The molecule has 0 saturated carbocycles. The first kappa shape index (κ1) is 6.59. The van der Waals surface area contributed by atoms with Gasteiger partial charge in [-0.2, -0.15) is 0 Å². The van der Waals surface area contributed by atoms with E-state index < -0.39 is 0 Å². The SMILES string of the molecule is [B]C1=CC[C@H](C)C(F)=C1. The summed E-state index contributed by atoms with van der Waals surface area (Å²) in [5.41, 5.74) is 0.547. The summed E-state index contributed by atoms with van der Waals surface area (Å²) in [5.74, 6) is -0.0766. The minimum Gasteiger partial charge on any atom is -0.212 e. The van der Waals surface area contributed by atoms with Crippen LogP contribution in [0, 0.1) is 5.92 Å². The maximum absolute atomic E-state index is 12.6. The molecule has 0 bridgehead atoms. The number of halogens is 1. The molecule has 2 heteroatoms. The summed E-state index contributed by atoms with van der Waals surface area (Å²) >= 11 is 0. The smallest absolute Gasteiger partial charge is 0.113 e. The summed E-state index contributed by atoms with van der Waals surface area (Å²) in [5, 5.41) is 0. The summed E-state index contributed by atoms with van der Waals surface area (Å²) in [4.78, 5) is 0. The van der Waals surface area contributed by atoms with Gasteiger partial charge < -0.3 is 0 Å². The second kappa shape index (κ2) is 2.38. The Morgan fingerprint density at radius 1 is 1.78 bits per heavy atom. The molecule has 0 amide bonds. The monoisotopic (exact) mass is 122 g/mol. The molecule has 1 aliphatic rings. The fraction of sp³-hybridized carbons (Fsp3) is 0.429. The number of allylic oxidation sites excluding steroid dienone is 4. The maximum Gasteiger partial charge on any atom is 0.113 e. The second-order valence-corrected chi connectivity index (χ2v) is 2.37. The van der Waals surface area contributed by atoms with E-state index in [1.54, 1.807) is 0 Å². The van der Waals surface area contributed by atoms with E-state index in [0.717, 1.165) is 6.42 Å². The molecule has 0 fully saturated rings. The summed E-state index contributed by atoms with van der Waals surface area (Å²) in [6, 6.07) is 0. The molecular formula is C7H8BF. The fourth-order valence-corrected chi connectivity index (χ4v) is 0.786. The van der Waals surface area contributed by atoms with Crippen LogP contribution in [0.3, 0.4) is 0 Å². The third kappa shape index (κ3) is 1.44. The molecule has 0 aromatic carbocycles. The zero-order chi connectivity index (χ0) is 6.85. The van der Waals surface area contributed by atoms with Gasteiger partial charge in [-0.25, -0.2) is 4.39 Å². The Kier molecular flexibility index (Phi) is 1.74. The predicted molar refractivity (Wildman–Crippen MR) is 36.8 cm³/mol. The van der Waals surface area contributed by atoms with E-state index in [-0.39, 0.29) is 11.7 Å². The van der Waals surface area contributed by atoms with Gasteiger partial charge in [0.05, 0.1) is 0 Å². The Bertz CT molecular complexity index is 170. The average molecular weight is 122 g/mol. The van der Waals surface area contributed by atoms with Crippen LogP contribution in [0.2, 0.25) is 0 Å². The van der Waals surface area contributed by atoms with Gasteiger partial charge in [-0.1, -0.05) is 18.5 Å². The molecule has 9 heavy (non-hydrogen) atoms. The quantitative estimate of drug-likeness (QED) is 0.430. The topological polar surface area (TPSA) is 0 Å². The molecule has 46 valence electrons. The summed E-state index contributed by atoms with van der Waals surface area (Å²) in [6.07, 6.45) is 3.95. The molecule has 2 radical (unpaired) electrons. The van der Waals surface area contributed by atoms with Crippen LogP contribution < -0.4 is 0 Å². The molecule has 0 unspecified atom stereocenters. The van der Waals surface area contributed by atoms with Crippen molar-refractivity contribution in [2.24, 2.45) is 5.92 Å². The fourth-order valence-electron chi connectivity index (χ4n) is 0.786. The van der Waals surface area contributed by atoms with E-state index in [1.807, 2.05) is 13.0 Å². The normalized spacial score (nSPS) is 27.1. The van der Waals surface area contributed by atoms with E-state index >= 15 is 0 Å². The molecule has 1 rings (SSSR count). The lowest BCUT2D eigenvalue weighted by Crippen LogP contribution is -1.99. The van der Waals surface area contributed by atoms with Gasteiger partial charge in [0, 0.05) is 5.92 Å². The van der Waals surface area contributed by atoms with Crippen molar-refractivity contribution >= 4 is 7.85 Å². The van der Waals surface area contributed by atoms with E-state index in [2.05, 4.69) is 0 Å². The number of rotatable bonds is 0. The standard InChI is InChI=1S/C7H8BF/c1-5-2-3-6(8)4-7(5)9/h3-5H,2H2,1H3/t5-/m0/s1. The van der Waals surface area contributed by atoms with Crippen LogP contribution >= 0.6 is 0 Å². The van der Waals surface area contributed by atoms with Gasteiger partial charge in [0.2, 0.25) is 0 Å². The van der Waals surface area contributed by atoms with Crippen LogP contribution in [0.25, 0.3) is 0 Å². The second-order valence-electron chi connectivity index (χ2n) is 2.37. The van der Waals surface area contributed by atoms with Gasteiger partial charge in [-0.15, -0.1) is 0 Å². The van der Waals surface area contributed by atoms with Gasteiger partial charge in [0.1, 0.15) is 13.7 Å². The van der Waals surface area contributed by atoms with E-state index in [4.69, 9.17) is 7.85 Å². The third-order valence-corrected chi connectivity index (χ3v) is 1.48. The highest BCUT2D eigenvalue weighted by atomic mass is 19.1. The zero-order valence-electron chi connectivity index (χ0n) is 5.39. The Balaban J connectivity index is 2.74. The van der Waals surface area contributed by atoms with Gasteiger partial charge in [-0.3, -0.25) is 0 Å². The molecule has 0 saturated heterocycles. The Hall–Kier alpha value is -0.525. The van der Waals surface area contributed by atoms with E-state index in [0.29, 0.717) is 5.47 Å². The van der Waals surface area contributed by atoms with Crippen LogP contribution in [-0.2, 0) is 0 Å². The highest BCUT2D eigenvalue weighted by Gasteiger charge is 2.09. The Morgan fingerprint density at radius 2 is 2.44 bits per heavy atom.